The topological polar surface area (TPSA) is 78.6 Å². The number of ether oxygens (including phenoxy) is 1. The molecule has 0 saturated heterocycles. The fourth-order valence-corrected chi connectivity index (χ4v) is 2.31. The van der Waals surface area contributed by atoms with Gasteiger partial charge in [-0.2, -0.15) is 8.42 Å². The van der Waals surface area contributed by atoms with Gasteiger partial charge in [-0.05, 0) is 19.1 Å². The summed E-state index contributed by atoms with van der Waals surface area (Å²) in [6.07, 6.45) is 4.99. The molecule has 0 fully saturated rings. The van der Waals surface area contributed by atoms with Crippen LogP contribution in [0.25, 0.3) is 11.5 Å². The van der Waals surface area contributed by atoms with Crippen LogP contribution in [-0.2, 0) is 25.5 Å². The van der Waals surface area contributed by atoms with Crippen LogP contribution >= 0.6 is 0 Å². The Morgan fingerprint density at radius 3 is 2.58 bits per heavy atom. The van der Waals surface area contributed by atoms with Crippen LogP contribution < -0.4 is 0 Å². The minimum atomic E-state index is -3.39. The zero-order valence-corrected chi connectivity index (χ0v) is 14.6. The predicted molar refractivity (Wildman–Crippen MR) is 91.1 cm³/mol. The van der Waals surface area contributed by atoms with Gasteiger partial charge in [0.15, 0.2) is 0 Å². The molecule has 7 heteroatoms. The maximum atomic E-state index is 10.8. The highest BCUT2D eigenvalue weighted by atomic mass is 32.2. The van der Waals surface area contributed by atoms with E-state index in [2.05, 4.69) is 9.17 Å². The standard InChI is InChI=1S/C17H21NO5S/c1-14-16(18-17(23-14)15-8-4-3-5-9-15)10-13-21-11-6-7-12-22-24(2,19)20/h3-9H,10-13H2,1-2H3. The molecule has 0 aliphatic rings. The van der Waals surface area contributed by atoms with Crippen molar-refractivity contribution < 1.29 is 21.8 Å². The van der Waals surface area contributed by atoms with Crippen molar-refractivity contribution in [1.82, 2.24) is 4.98 Å². The fourth-order valence-electron chi connectivity index (χ4n) is 1.98. The summed E-state index contributed by atoms with van der Waals surface area (Å²) in [6, 6.07) is 9.74. The third kappa shape index (κ3) is 6.27. The summed E-state index contributed by atoms with van der Waals surface area (Å²) in [7, 11) is -3.39. The smallest absolute Gasteiger partial charge is 0.264 e. The number of oxazole rings is 1. The summed E-state index contributed by atoms with van der Waals surface area (Å²) in [4.78, 5) is 4.50. The lowest BCUT2D eigenvalue weighted by Gasteiger charge is -1.99. The Kier molecular flexibility index (Phi) is 6.72. The van der Waals surface area contributed by atoms with Gasteiger partial charge in [0, 0.05) is 12.0 Å². The number of benzene rings is 1. The van der Waals surface area contributed by atoms with Gasteiger partial charge in [0.1, 0.15) is 5.76 Å². The second kappa shape index (κ2) is 8.77. The van der Waals surface area contributed by atoms with Crippen LogP contribution in [0.15, 0.2) is 46.9 Å². The molecule has 130 valence electrons. The van der Waals surface area contributed by atoms with Crippen molar-refractivity contribution in [1.29, 1.82) is 0 Å². The van der Waals surface area contributed by atoms with Gasteiger partial charge in [-0.1, -0.05) is 30.4 Å². The first kappa shape index (κ1) is 18.4. The Bertz CT molecular complexity index is 766. The lowest BCUT2D eigenvalue weighted by Crippen LogP contribution is -2.03. The Morgan fingerprint density at radius 2 is 1.88 bits per heavy atom. The lowest BCUT2D eigenvalue weighted by atomic mass is 10.2. The van der Waals surface area contributed by atoms with Crippen molar-refractivity contribution in [2.45, 2.75) is 13.3 Å². The van der Waals surface area contributed by atoms with Crippen molar-refractivity contribution in [3.63, 3.8) is 0 Å². The van der Waals surface area contributed by atoms with Gasteiger partial charge in [-0.3, -0.25) is 4.18 Å². The van der Waals surface area contributed by atoms with Gasteiger partial charge in [0.2, 0.25) is 5.89 Å². The van der Waals surface area contributed by atoms with Gasteiger partial charge in [-0.25, -0.2) is 4.98 Å². The van der Waals surface area contributed by atoms with E-state index in [4.69, 9.17) is 9.15 Å². The van der Waals surface area contributed by atoms with E-state index in [1.165, 1.54) is 0 Å². The average Bonchev–Trinajstić information content (AvgIpc) is 2.91. The van der Waals surface area contributed by atoms with Gasteiger partial charge in [0.25, 0.3) is 10.1 Å². The normalized spacial score (nSPS) is 12.1. The van der Waals surface area contributed by atoms with E-state index >= 15 is 0 Å². The third-order valence-electron chi connectivity index (χ3n) is 3.16. The van der Waals surface area contributed by atoms with E-state index in [1.54, 1.807) is 12.2 Å². The van der Waals surface area contributed by atoms with Crippen LogP contribution in [0.2, 0.25) is 0 Å². The fraction of sp³-hybridized carbons (Fsp3) is 0.353. The number of hydrogen-bond donors (Lipinski definition) is 0. The molecule has 2 rings (SSSR count). The van der Waals surface area contributed by atoms with Gasteiger partial charge in [-0.15, -0.1) is 0 Å². The molecular formula is C17H21NO5S. The number of hydrogen-bond acceptors (Lipinski definition) is 6. The first-order valence-corrected chi connectivity index (χ1v) is 9.36. The van der Waals surface area contributed by atoms with Crippen LogP contribution in [0, 0.1) is 6.92 Å². The molecule has 0 bridgehead atoms. The molecule has 0 radical (unpaired) electrons. The summed E-state index contributed by atoms with van der Waals surface area (Å²) in [6.45, 7) is 2.79. The highest BCUT2D eigenvalue weighted by Crippen LogP contribution is 2.21. The first-order valence-electron chi connectivity index (χ1n) is 7.54. The van der Waals surface area contributed by atoms with E-state index in [9.17, 15) is 8.42 Å². The highest BCUT2D eigenvalue weighted by Gasteiger charge is 2.10. The minimum absolute atomic E-state index is 0.0189. The van der Waals surface area contributed by atoms with E-state index in [0.29, 0.717) is 25.5 Å². The third-order valence-corrected chi connectivity index (χ3v) is 3.72. The molecule has 0 amide bonds. The maximum absolute atomic E-state index is 10.8. The first-order chi connectivity index (χ1) is 11.5. The molecule has 0 spiro atoms. The van der Waals surface area contributed by atoms with Crippen LogP contribution in [0.5, 0.6) is 0 Å². The van der Waals surface area contributed by atoms with Crippen LogP contribution in [0.4, 0.5) is 0 Å². The number of nitrogens with zero attached hydrogens (tertiary/aromatic N) is 1. The molecule has 0 atom stereocenters. The monoisotopic (exact) mass is 351 g/mol. The summed E-state index contributed by atoms with van der Waals surface area (Å²) in [5.41, 5.74) is 1.82. The molecule has 0 aliphatic heterocycles. The Morgan fingerprint density at radius 1 is 1.17 bits per heavy atom. The number of rotatable bonds is 9. The quantitative estimate of drug-likeness (QED) is 0.393. The molecular weight excluding hydrogens is 330 g/mol. The summed E-state index contributed by atoms with van der Waals surface area (Å²) in [5.74, 6) is 1.40. The Labute approximate surface area is 142 Å². The SMILES string of the molecule is Cc1oc(-c2ccccc2)nc1CCOCC=CCOS(C)(=O)=O. The molecule has 0 aliphatic carbocycles. The zero-order chi connectivity index (χ0) is 17.4. The molecule has 24 heavy (non-hydrogen) atoms. The Balaban J connectivity index is 1.73. The van der Waals surface area contributed by atoms with Crippen LogP contribution in [0.1, 0.15) is 11.5 Å². The minimum Gasteiger partial charge on any atom is -0.441 e. The molecule has 0 N–H and O–H groups in total. The van der Waals surface area contributed by atoms with Gasteiger partial charge < -0.3 is 9.15 Å². The molecule has 0 saturated carbocycles. The van der Waals surface area contributed by atoms with Gasteiger partial charge >= 0.3 is 0 Å². The number of aryl methyl sites for hydroxylation is 1. The Hall–Kier alpha value is -1.96. The molecule has 1 aromatic heterocycles. The van der Waals surface area contributed by atoms with Crippen molar-refractivity contribution >= 4 is 10.1 Å². The molecule has 6 nitrogen and oxygen atoms in total. The van der Waals surface area contributed by atoms with E-state index in [1.807, 2.05) is 37.3 Å². The van der Waals surface area contributed by atoms with Crippen LogP contribution in [0.3, 0.4) is 0 Å². The summed E-state index contributed by atoms with van der Waals surface area (Å²) >= 11 is 0. The van der Waals surface area contributed by atoms with E-state index in [0.717, 1.165) is 23.3 Å². The van der Waals surface area contributed by atoms with Crippen LogP contribution in [-0.4, -0.2) is 39.5 Å². The molecule has 1 aromatic carbocycles. The van der Waals surface area contributed by atoms with Crippen molar-refractivity contribution in [3.8, 4) is 11.5 Å². The highest BCUT2D eigenvalue weighted by molar-refractivity contribution is 7.85. The molecule has 1 heterocycles. The maximum Gasteiger partial charge on any atom is 0.264 e. The second-order valence-corrected chi connectivity index (χ2v) is 6.82. The van der Waals surface area contributed by atoms with Crippen molar-refractivity contribution in [2.75, 3.05) is 26.1 Å². The van der Waals surface area contributed by atoms with Crippen molar-refractivity contribution in [3.05, 3.63) is 53.9 Å². The summed E-state index contributed by atoms with van der Waals surface area (Å²) in [5, 5.41) is 0. The van der Waals surface area contributed by atoms with E-state index < -0.39 is 10.1 Å². The van der Waals surface area contributed by atoms with Gasteiger partial charge in [0.05, 0.1) is 31.8 Å². The summed E-state index contributed by atoms with van der Waals surface area (Å²) < 4.78 is 37.2. The second-order valence-electron chi connectivity index (χ2n) is 5.17. The molecule has 2 aromatic rings. The zero-order valence-electron chi connectivity index (χ0n) is 13.8. The number of aromatic nitrogens is 1. The van der Waals surface area contributed by atoms with E-state index in [-0.39, 0.29) is 6.61 Å². The van der Waals surface area contributed by atoms with Crippen molar-refractivity contribution in [2.24, 2.45) is 0 Å². The lowest BCUT2D eigenvalue weighted by molar-refractivity contribution is 0.164. The largest absolute Gasteiger partial charge is 0.441 e. The average molecular weight is 351 g/mol. The predicted octanol–water partition coefficient (Wildman–Crippen LogP) is 2.74. The molecule has 0 unspecified atom stereocenters.